The highest BCUT2D eigenvalue weighted by Crippen LogP contribution is 2.26. The Morgan fingerprint density at radius 2 is 1.86 bits per heavy atom. The first-order valence-electron chi connectivity index (χ1n) is 7.00. The van der Waals surface area contributed by atoms with E-state index in [1.807, 2.05) is 17.5 Å². The molecule has 1 aromatic heterocycles. The van der Waals surface area contributed by atoms with Crippen LogP contribution in [0.5, 0.6) is 0 Å². The number of thiophene rings is 1. The molecule has 0 aliphatic carbocycles. The first-order chi connectivity index (χ1) is 9.71. The van der Waals surface area contributed by atoms with E-state index in [1.54, 1.807) is 25.2 Å². The lowest BCUT2D eigenvalue weighted by Crippen LogP contribution is -2.47. The van der Waals surface area contributed by atoms with Crippen LogP contribution in [0.2, 0.25) is 0 Å². The van der Waals surface area contributed by atoms with Crippen molar-refractivity contribution in [2.75, 3.05) is 13.1 Å². The van der Waals surface area contributed by atoms with Crippen LogP contribution in [-0.4, -0.2) is 30.2 Å². The van der Waals surface area contributed by atoms with Gasteiger partial charge in [-0.3, -0.25) is 4.79 Å². The maximum Gasteiger partial charge on any atom is 0.314 e. The molecule has 0 aliphatic heterocycles. The molecular formula is C15H24N2O3S. The number of carboxylic acid groups (broad SMARTS) is 1. The zero-order valence-electron chi connectivity index (χ0n) is 13.0. The van der Waals surface area contributed by atoms with Gasteiger partial charge < -0.3 is 15.7 Å². The topological polar surface area (TPSA) is 78.4 Å². The fourth-order valence-electron chi connectivity index (χ4n) is 1.74. The van der Waals surface area contributed by atoms with Crippen LogP contribution in [0.25, 0.3) is 0 Å². The minimum Gasteiger partial charge on any atom is -0.481 e. The average molecular weight is 312 g/mol. The predicted molar refractivity (Wildman–Crippen MR) is 84.8 cm³/mol. The van der Waals surface area contributed by atoms with Crippen LogP contribution >= 0.6 is 11.3 Å². The van der Waals surface area contributed by atoms with Gasteiger partial charge in [0.15, 0.2) is 0 Å². The predicted octanol–water partition coefficient (Wildman–Crippen LogP) is 2.83. The SMILES string of the molecule is CCC(C)(CNC(=O)NCC(C)(C)c1cccs1)C(=O)O. The summed E-state index contributed by atoms with van der Waals surface area (Å²) < 4.78 is 0. The van der Waals surface area contributed by atoms with Crippen LogP contribution in [0.3, 0.4) is 0 Å². The first kappa shape index (κ1) is 17.5. The summed E-state index contributed by atoms with van der Waals surface area (Å²) in [7, 11) is 0. The van der Waals surface area contributed by atoms with Crippen molar-refractivity contribution in [3.63, 3.8) is 0 Å². The summed E-state index contributed by atoms with van der Waals surface area (Å²) in [6.45, 7) is 8.16. The molecule has 0 radical (unpaired) electrons. The van der Waals surface area contributed by atoms with Gasteiger partial charge in [0.1, 0.15) is 0 Å². The van der Waals surface area contributed by atoms with E-state index in [4.69, 9.17) is 5.11 Å². The summed E-state index contributed by atoms with van der Waals surface area (Å²) in [4.78, 5) is 24.2. The fraction of sp³-hybridized carbons (Fsp3) is 0.600. The lowest BCUT2D eigenvalue weighted by atomic mass is 9.88. The van der Waals surface area contributed by atoms with Crippen molar-refractivity contribution in [3.8, 4) is 0 Å². The third-order valence-electron chi connectivity index (χ3n) is 3.81. The summed E-state index contributed by atoms with van der Waals surface area (Å²) in [5.41, 5.74) is -1.08. The third kappa shape index (κ3) is 4.74. The van der Waals surface area contributed by atoms with Gasteiger partial charge in [-0.05, 0) is 24.8 Å². The number of urea groups is 1. The van der Waals surface area contributed by atoms with E-state index in [9.17, 15) is 9.59 Å². The first-order valence-corrected chi connectivity index (χ1v) is 7.88. The molecule has 5 nitrogen and oxygen atoms in total. The Labute approximate surface area is 129 Å². The number of amides is 2. The van der Waals surface area contributed by atoms with Crippen LogP contribution in [-0.2, 0) is 10.2 Å². The van der Waals surface area contributed by atoms with Crippen LogP contribution in [0.15, 0.2) is 17.5 Å². The van der Waals surface area contributed by atoms with Crippen molar-refractivity contribution in [1.82, 2.24) is 10.6 Å². The second-order valence-electron chi connectivity index (χ2n) is 6.12. The Morgan fingerprint density at radius 3 is 2.33 bits per heavy atom. The maximum atomic E-state index is 11.8. The number of hydrogen-bond acceptors (Lipinski definition) is 3. The molecular weight excluding hydrogens is 288 g/mol. The number of nitrogens with one attached hydrogen (secondary N) is 2. The smallest absolute Gasteiger partial charge is 0.314 e. The Bertz CT molecular complexity index is 485. The number of aliphatic carboxylic acids is 1. The van der Waals surface area contributed by atoms with E-state index in [0.717, 1.165) is 0 Å². The lowest BCUT2D eigenvalue weighted by molar-refractivity contribution is -0.147. The van der Waals surface area contributed by atoms with Crippen LogP contribution in [0, 0.1) is 5.41 Å². The molecule has 1 aromatic rings. The van der Waals surface area contributed by atoms with E-state index in [-0.39, 0.29) is 18.0 Å². The summed E-state index contributed by atoms with van der Waals surface area (Å²) in [5.74, 6) is -0.899. The van der Waals surface area contributed by atoms with E-state index < -0.39 is 11.4 Å². The molecule has 1 atom stereocenters. The third-order valence-corrected chi connectivity index (χ3v) is 5.05. The van der Waals surface area contributed by atoms with Gasteiger partial charge in [-0.1, -0.05) is 26.8 Å². The van der Waals surface area contributed by atoms with Gasteiger partial charge in [-0.25, -0.2) is 4.79 Å². The largest absolute Gasteiger partial charge is 0.481 e. The molecule has 21 heavy (non-hydrogen) atoms. The van der Waals surface area contributed by atoms with E-state index in [2.05, 4.69) is 24.5 Å². The van der Waals surface area contributed by atoms with E-state index in [1.165, 1.54) is 4.88 Å². The van der Waals surface area contributed by atoms with Crippen molar-refractivity contribution in [2.24, 2.45) is 5.41 Å². The monoisotopic (exact) mass is 312 g/mol. The molecule has 1 heterocycles. The number of carbonyl (C=O) groups is 2. The van der Waals surface area contributed by atoms with Gasteiger partial charge in [0.05, 0.1) is 5.41 Å². The molecule has 2 amide bonds. The number of carbonyl (C=O) groups excluding carboxylic acids is 1. The van der Waals surface area contributed by atoms with Gasteiger partial charge >= 0.3 is 12.0 Å². The van der Waals surface area contributed by atoms with Crippen molar-refractivity contribution in [2.45, 2.75) is 39.5 Å². The molecule has 0 spiro atoms. The van der Waals surface area contributed by atoms with Gasteiger partial charge in [0.25, 0.3) is 0 Å². The summed E-state index contributed by atoms with van der Waals surface area (Å²) in [6.07, 6.45) is 0.462. The second kappa shape index (κ2) is 6.93. The van der Waals surface area contributed by atoms with Gasteiger partial charge in [-0.15, -0.1) is 11.3 Å². The van der Waals surface area contributed by atoms with Crippen LogP contribution in [0.1, 0.15) is 39.0 Å². The summed E-state index contributed by atoms with van der Waals surface area (Å²) in [5, 5.41) is 16.6. The Kier molecular flexibility index (Phi) is 5.78. The quantitative estimate of drug-likeness (QED) is 0.724. The molecule has 1 unspecified atom stereocenters. The number of hydrogen-bond donors (Lipinski definition) is 3. The highest BCUT2D eigenvalue weighted by Gasteiger charge is 2.31. The zero-order chi connectivity index (χ0) is 16.1. The molecule has 0 aromatic carbocycles. The summed E-state index contributed by atoms with van der Waals surface area (Å²) in [6, 6.07) is 3.70. The Hall–Kier alpha value is -1.56. The Balaban J connectivity index is 2.46. The van der Waals surface area contributed by atoms with Crippen molar-refractivity contribution in [3.05, 3.63) is 22.4 Å². The maximum absolute atomic E-state index is 11.8. The molecule has 0 fully saturated rings. The molecule has 118 valence electrons. The highest BCUT2D eigenvalue weighted by molar-refractivity contribution is 7.10. The van der Waals surface area contributed by atoms with Crippen molar-refractivity contribution in [1.29, 1.82) is 0 Å². The van der Waals surface area contributed by atoms with E-state index >= 15 is 0 Å². The average Bonchev–Trinajstić information content (AvgIpc) is 2.97. The van der Waals surface area contributed by atoms with Gasteiger partial charge in [0.2, 0.25) is 0 Å². The summed E-state index contributed by atoms with van der Waals surface area (Å²) >= 11 is 1.66. The lowest BCUT2D eigenvalue weighted by Gasteiger charge is -2.26. The minimum atomic E-state index is -0.930. The molecule has 1 rings (SSSR count). The van der Waals surface area contributed by atoms with Crippen molar-refractivity contribution < 1.29 is 14.7 Å². The minimum absolute atomic E-state index is 0.115. The van der Waals surface area contributed by atoms with Crippen molar-refractivity contribution >= 4 is 23.3 Å². The molecule has 0 aliphatic rings. The molecule has 0 bridgehead atoms. The van der Waals surface area contributed by atoms with Gasteiger partial charge in [-0.2, -0.15) is 0 Å². The molecule has 6 heteroatoms. The standard InChI is InChI=1S/C15H24N2O3S/c1-5-15(4,12(18)19)10-17-13(20)16-9-14(2,3)11-7-6-8-21-11/h6-8H,5,9-10H2,1-4H3,(H,18,19)(H2,16,17,20). The molecule has 3 N–H and O–H groups in total. The Morgan fingerprint density at radius 1 is 1.24 bits per heavy atom. The normalized spacial score (nSPS) is 14.3. The van der Waals surface area contributed by atoms with E-state index in [0.29, 0.717) is 13.0 Å². The van der Waals surface area contributed by atoms with Gasteiger partial charge in [0, 0.05) is 23.4 Å². The van der Waals surface area contributed by atoms with Crippen LogP contribution < -0.4 is 10.6 Å². The molecule has 0 saturated heterocycles. The molecule has 0 saturated carbocycles. The van der Waals surface area contributed by atoms with Crippen LogP contribution in [0.4, 0.5) is 4.79 Å². The number of rotatable bonds is 7. The second-order valence-corrected chi connectivity index (χ2v) is 7.06. The zero-order valence-corrected chi connectivity index (χ0v) is 13.8. The number of carboxylic acids is 1. The highest BCUT2D eigenvalue weighted by atomic mass is 32.1. The fourth-order valence-corrected chi connectivity index (χ4v) is 2.59.